The molecule has 0 aromatic carbocycles. The lowest BCUT2D eigenvalue weighted by atomic mass is 10.2. The maximum Gasteiger partial charge on any atom is 0.257 e. The molecule has 1 amide bonds. The smallest absolute Gasteiger partial charge is 0.257 e. The second kappa shape index (κ2) is 4.69. The van der Waals surface area contributed by atoms with Gasteiger partial charge in [-0.2, -0.15) is 0 Å². The molecule has 1 atom stereocenters. The Morgan fingerprint density at radius 2 is 2.41 bits per heavy atom. The van der Waals surface area contributed by atoms with Crippen molar-refractivity contribution in [2.24, 2.45) is 5.92 Å². The summed E-state index contributed by atoms with van der Waals surface area (Å²) in [7, 11) is 1.58. The number of hydrogen-bond donors (Lipinski definition) is 1. The minimum atomic E-state index is -0.570. The molecule has 17 heavy (non-hydrogen) atoms. The number of nitrogens with one attached hydrogen (secondary N) is 1. The molecule has 1 aliphatic heterocycles. The number of rotatable bonds is 2. The van der Waals surface area contributed by atoms with Crippen LogP contribution in [0.1, 0.15) is 23.7 Å². The van der Waals surface area contributed by atoms with E-state index in [1.165, 1.54) is 12.3 Å². The van der Waals surface area contributed by atoms with Crippen LogP contribution in [0, 0.1) is 11.7 Å². The lowest BCUT2D eigenvalue weighted by molar-refractivity contribution is 0.0783. The Kier molecular flexibility index (Phi) is 3.26. The van der Waals surface area contributed by atoms with Gasteiger partial charge in [0.05, 0.1) is 5.56 Å². The van der Waals surface area contributed by atoms with Crippen molar-refractivity contribution >= 4 is 11.7 Å². The zero-order valence-electron chi connectivity index (χ0n) is 10.0. The number of likely N-dealkylation sites (tertiary alicyclic amines) is 1. The molecule has 0 spiro atoms. The highest BCUT2D eigenvalue weighted by atomic mass is 19.1. The van der Waals surface area contributed by atoms with Crippen LogP contribution in [0.4, 0.5) is 10.2 Å². The normalized spacial score (nSPS) is 19.5. The molecular weight excluding hydrogens is 221 g/mol. The highest BCUT2D eigenvalue weighted by Crippen LogP contribution is 2.21. The van der Waals surface area contributed by atoms with Crippen LogP contribution in [0.3, 0.4) is 0 Å². The van der Waals surface area contributed by atoms with Crippen molar-refractivity contribution in [2.45, 2.75) is 13.3 Å². The zero-order valence-corrected chi connectivity index (χ0v) is 10.0. The van der Waals surface area contributed by atoms with Gasteiger partial charge in [-0.3, -0.25) is 4.79 Å². The molecule has 2 rings (SSSR count). The minimum absolute atomic E-state index is 0.0958. The van der Waals surface area contributed by atoms with Crippen molar-refractivity contribution in [3.8, 4) is 0 Å². The van der Waals surface area contributed by atoms with Crippen molar-refractivity contribution in [3.05, 3.63) is 23.6 Å². The molecule has 0 saturated carbocycles. The van der Waals surface area contributed by atoms with E-state index in [2.05, 4.69) is 17.2 Å². The zero-order chi connectivity index (χ0) is 12.4. The SMILES string of the molecule is CNc1nccc(C(=O)N2CCC(C)C2)c1F. The Hall–Kier alpha value is -1.65. The van der Waals surface area contributed by atoms with Crippen LogP contribution < -0.4 is 5.32 Å². The van der Waals surface area contributed by atoms with Gasteiger partial charge < -0.3 is 10.2 Å². The fourth-order valence-corrected chi connectivity index (χ4v) is 2.07. The van der Waals surface area contributed by atoms with Gasteiger partial charge in [0.15, 0.2) is 11.6 Å². The van der Waals surface area contributed by atoms with Gasteiger partial charge in [-0.15, -0.1) is 0 Å². The molecule has 4 nitrogen and oxygen atoms in total. The van der Waals surface area contributed by atoms with E-state index in [9.17, 15) is 9.18 Å². The number of carbonyl (C=O) groups is 1. The first-order valence-electron chi connectivity index (χ1n) is 5.75. The Balaban J connectivity index is 2.25. The van der Waals surface area contributed by atoms with Gasteiger partial charge >= 0.3 is 0 Å². The summed E-state index contributed by atoms with van der Waals surface area (Å²) in [6.07, 6.45) is 2.43. The molecule has 2 heterocycles. The largest absolute Gasteiger partial charge is 0.371 e. The highest BCUT2D eigenvalue weighted by Gasteiger charge is 2.26. The number of anilines is 1. The van der Waals surface area contributed by atoms with Crippen LogP contribution >= 0.6 is 0 Å². The summed E-state index contributed by atoms with van der Waals surface area (Å²) in [6, 6.07) is 1.43. The van der Waals surface area contributed by atoms with Crippen LogP contribution in [-0.2, 0) is 0 Å². The molecule has 1 fully saturated rings. The quantitative estimate of drug-likeness (QED) is 0.852. The van der Waals surface area contributed by atoms with E-state index in [0.717, 1.165) is 6.42 Å². The third-order valence-electron chi connectivity index (χ3n) is 3.07. The molecule has 1 N–H and O–H groups in total. The van der Waals surface area contributed by atoms with Gasteiger partial charge in [-0.25, -0.2) is 9.37 Å². The Labute approximate surface area is 99.8 Å². The molecular formula is C12H16FN3O. The molecule has 92 valence electrons. The van der Waals surface area contributed by atoms with Crippen LogP contribution in [0.5, 0.6) is 0 Å². The van der Waals surface area contributed by atoms with Crippen LogP contribution in [-0.4, -0.2) is 35.9 Å². The molecule has 1 aromatic heterocycles. The van der Waals surface area contributed by atoms with E-state index in [0.29, 0.717) is 19.0 Å². The van der Waals surface area contributed by atoms with Crippen LogP contribution in [0.25, 0.3) is 0 Å². The van der Waals surface area contributed by atoms with Crippen molar-refractivity contribution in [1.29, 1.82) is 0 Å². The summed E-state index contributed by atoms with van der Waals surface area (Å²) in [6.45, 7) is 3.50. The molecule has 0 radical (unpaired) electrons. The Morgan fingerprint density at radius 3 is 3.00 bits per heavy atom. The number of amides is 1. The van der Waals surface area contributed by atoms with E-state index in [1.54, 1.807) is 11.9 Å². The van der Waals surface area contributed by atoms with Crippen molar-refractivity contribution in [3.63, 3.8) is 0 Å². The van der Waals surface area contributed by atoms with E-state index in [-0.39, 0.29) is 17.3 Å². The number of aromatic nitrogens is 1. The van der Waals surface area contributed by atoms with E-state index < -0.39 is 5.82 Å². The van der Waals surface area contributed by atoms with E-state index in [1.807, 2.05) is 0 Å². The predicted octanol–water partition coefficient (Wildman–Crippen LogP) is 1.74. The Morgan fingerprint density at radius 1 is 1.65 bits per heavy atom. The molecule has 0 bridgehead atoms. The maximum absolute atomic E-state index is 13.9. The van der Waals surface area contributed by atoms with Crippen molar-refractivity contribution in [1.82, 2.24) is 9.88 Å². The first kappa shape index (κ1) is 11.8. The van der Waals surface area contributed by atoms with Gasteiger partial charge in [0, 0.05) is 26.3 Å². The highest BCUT2D eigenvalue weighted by molar-refractivity contribution is 5.95. The van der Waals surface area contributed by atoms with Gasteiger partial charge in [0.1, 0.15) is 0 Å². The lowest BCUT2D eigenvalue weighted by Gasteiger charge is -2.16. The summed E-state index contributed by atoms with van der Waals surface area (Å²) in [4.78, 5) is 17.6. The molecule has 1 aromatic rings. The molecule has 5 heteroatoms. The third kappa shape index (κ3) is 2.23. The second-order valence-corrected chi connectivity index (χ2v) is 4.42. The van der Waals surface area contributed by atoms with E-state index in [4.69, 9.17) is 0 Å². The van der Waals surface area contributed by atoms with Gasteiger partial charge in [0.25, 0.3) is 5.91 Å². The first-order valence-corrected chi connectivity index (χ1v) is 5.75. The second-order valence-electron chi connectivity index (χ2n) is 4.42. The summed E-state index contributed by atoms with van der Waals surface area (Å²) < 4.78 is 13.9. The minimum Gasteiger partial charge on any atom is -0.371 e. The summed E-state index contributed by atoms with van der Waals surface area (Å²) in [5, 5.41) is 2.63. The van der Waals surface area contributed by atoms with Gasteiger partial charge in [-0.1, -0.05) is 6.92 Å². The predicted molar refractivity (Wildman–Crippen MR) is 63.4 cm³/mol. The van der Waals surface area contributed by atoms with Crippen molar-refractivity contribution in [2.75, 3.05) is 25.5 Å². The fraction of sp³-hybridized carbons (Fsp3) is 0.500. The maximum atomic E-state index is 13.9. The number of nitrogens with zero attached hydrogens (tertiary/aromatic N) is 2. The van der Waals surface area contributed by atoms with Crippen LogP contribution in [0.15, 0.2) is 12.3 Å². The van der Waals surface area contributed by atoms with Crippen LogP contribution in [0.2, 0.25) is 0 Å². The molecule has 1 aliphatic rings. The topological polar surface area (TPSA) is 45.2 Å². The third-order valence-corrected chi connectivity index (χ3v) is 3.07. The fourth-order valence-electron chi connectivity index (χ4n) is 2.07. The standard InChI is InChI=1S/C12H16FN3O/c1-8-4-6-16(7-8)12(17)9-3-5-15-11(14-2)10(9)13/h3,5,8H,4,6-7H2,1-2H3,(H,14,15). The number of carbonyl (C=O) groups excluding carboxylic acids is 1. The van der Waals surface area contributed by atoms with Gasteiger partial charge in [-0.05, 0) is 18.4 Å². The van der Waals surface area contributed by atoms with E-state index >= 15 is 0 Å². The number of hydrogen-bond acceptors (Lipinski definition) is 3. The average Bonchev–Trinajstić information content (AvgIpc) is 2.75. The number of pyridine rings is 1. The summed E-state index contributed by atoms with van der Waals surface area (Å²) >= 11 is 0. The van der Waals surface area contributed by atoms with Crippen molar-refractivity contribution < 1.29 is 9.18 Å². The average molecular weight is 237 g/mol. The monoisotopic (exact) mass is 237 g/mol. The lowest BCUT2D eigenvalue weighted by Crippen LogP contribution is -2.29. The Bertz CT molecular complexity index is 436. The summed E-state index contributed by atoms with van der Waals surface area (Å²) in [5.74, 6) is -0.207. The summed E-state index contributed by atoms with van der Waals surface area (Å²) in [5.41, 5.74) is 0.0958. The molecule has 1 saturated heterocycles. The molecule has 1 unspecified atom stereocenters. The number of halogens is 1. The first-order chi connectivity index (χ1) is 8.13. The van der Waals surface area contributed by atoms with Gasteiger partial charge in [0.2, 0.25) is 0 Å². The molecule has 0 aliphatic carbocycles.